The number of likely N-dealkylation sites (N-methyl/N-ethyl adjacent to an activating group) is 1. The van der Waals surface area contributed by atoms with Crippen LogP contribution in [0.1, 0.15) is 30.4 Å². The summed E-state index contributed by atoms with van der Waals surface area (Å²) in [4.78, 5) is 16.4. The summed E-state index contributed by atoms with van der Waals surface area (Å²) < 4.78 is 27.7. The van der Waals surface area contributed by atoms with Crippen LogP contribution in [0.15, 0.2) is 17.0 Å². The zero-order valence-electron chi connectivity index (χ0n) is 13.8. The molecule has 0 fully saturated rings. The molecule has 23 heavy (non-hydrogen) atoms. The minimum absolute atomic E-state index is 0.0797. The van der Waals surface area contributed by atoms with Crippen molar-refractivity contribution in [2.24, 2.45) is 0 Å². The number of nitrogens with one attached hydrogen (secondary N) is 1. The highest BCUT2D eigenvalue weighted by Crippen LogP contribution is 2.43. The second-order valence-electron chi connectivity index (χ2n) is 6.54. The van der Waals surface area contributed by atoms with Gasteiger partial charge in [0.1, 0.15) is 0 Å². The molecule has 0 bridgehead atoms. The smallest absolute Gasteiger partial charge is 0.240 e. The Labute approximate surface area is 137 Å². The second kappa shape index (κ2) is 5.89. The van der Waals surface area contributed by atoms with E-state index in [1.807, 2.05) is 30.8 Å². The number of benzene rings is 1. The standard InChI is InChI=1S/C16H23N3O3S/c1-11-14-10-13(23(21,22)17-6-8-18(2)3)9-12-5-4-7-19(15(12)14)16(11)20/h9-11,17H,4-8H2,1-3H3/t11-/m0/s1. The first-order valence-corrected chi connectivity index (χ1v) is 9.42. The SMILES string of the molecule is C[C@@H]1C(=O)N2CCCc3cc(S(=O)(=O)NCCN(C)C)cc1c32. The van der Waals surface area contributed by atoms with Crippen molar-refractivity contribution in [3.63, 3.8) is 0 Å². The van der Waals surface area contributed by atoms with E-state index in [1.165, 1.54) is 0 Å². The Morgan fingerprint density at radius 3 is 2.78 bits per heavy atom. The van der Waals surface area contributed by atoms with Crippen LogP contribution < -0.4 is 9.62 Å². The Morgan fingerprint density at radius 2 is 2.09 bits per heavy atom. The van der Waals surface area contributed by atoms with E-state index in [4.69, 9.17) is 0 Å². The first kappa shape index (κ1) is 16.4. The number of hydrogen-bond donors (Lipinski definition) is 1. The number of sulfonamides is 1. The van der Waals surface area contributed by atoms with Gasteiger partial charge < -0.3 is 9.80 Å². The van der Waals surface area contributed by atoms with Crippen LogP contribution in [-0.4, -0.2) is 53.0 Å². The zero-order valence-corrected chi connectivity index (χ0v) is 14.6. The van der Waals surface area contributed by atoms with Gasteiger partial charge in [-0.1, -0.05) is 0 Å². The van der Waals surface area contributed by atoms with Crippen molar-refractivity contribution < 1.29 is 13.2 Å². The van der Waals surface area contributed by atoms with Crippen LogP contribution in [0.25, 0.3) is 0 Å². The normalized spacial score (nSPS) is 20.3. The van der Waals surface area contributed by atoms with E-state index in [2.05, 4.69) is 4.72 Å². The van der Waals surface area contributed by atoms with Gasteiger partial charge >= 0.3 is 0 Å². The van der Waals surface area contributed by atoms with Gasteiger partial charge in [-0.05, 0) is 57.1 Å². The summed E-state index contributed by atoms with van der Waals surface area (Å²) >= 11 is 0. The van der Waals surface area contributed by atoms with Gasteiger partial charge in [0.25, 0.3) is 0 Å². The zero-order chi connectivity index (χ0) is 16.8. The number of aryl methyl sites for hydroxylation is 1. The van der Waals surface area contributed by atoms with E-state index >= 15 is 0 Å². The monoisotopic (exact) mass is 337 g/mol. The molecule has 0 radical (unpaired) electrons. The van der Waals surface area contributed by atoms with Crippen molar-refractivity contribution >= 4 is 21.6 Å². The maximum absolute atomic E-state index is 12.5. The number of rotatable bonds is 5. The molecule has 2 heterocycles. The highest BCUT2D eigenvalue weighted by Gasteiger charge is 2.38. The molecule has 6 nitrogen and oxygen atoms in total. The molecule has 3 rings (SSSR count). The van der Waals surface area contributed by atoms with Crippen molar-refractivity contribution in [2.45, 2.75) is 30.6 Å². The third-order valence-electron chi connectivity index (χ3n) is 4.55. The fourth-order valence-electron chi connectivity index (χ4n) is 3.31. The molecular formula is C16H23N3O3S. The van der Waals surface area contributed by atoms with Crippen LogP contribution in [0.5, 0.6) is 0 Å². The van der Waals surface area contributed by atoms with E-state index in [-0.39, 0.29) is 16.7 Å². The molecule has 2 aliphatic rings. The molecule has 1 aromatic rings. The van der Waals surface area contributed by atoms with Crippen molar-refractivity contribution in [1.82, 2.24) is 9.62 Å². The lowest BCUT2D eigenvalue weighted by atomic mass is 9.97. The molecule has 0 unspecified atom stereocenters. The maximum Gasteiger partial charge on any atom is 0.240 e. The quantitative estimate of drug-likeness (QED) is 0.867. The van der Waals surface area contributed by atoms with Gasteiger partial charge in [-0.3, -0.25) is 4.79 Å². The third kappa shape index (κ3) is 2.88. The summed E-state index contributed by atoms with van der Waals surface area (Å²) in [7, 11) is 0.246. The van der Waals surface area contributed by atoms with Gasteiger partial charge in [0.2, 0.25) is 15.9 Å². The molecule has 0 aliphatic carbocycles. The van der Waals surface area contributed by atoms with Crippen molar-refractivity contribution in [3.05, 3.63) is 23.3 Å². The summed E-state index contributed by atoms with van der Waals surface area (Å²) in [5.41, 5.74) is 2.76. The van der Waals surface area contributed by atoms with E-state index in [1.54, 1.807) is 12.1 Å². The first-order valence-electron chi connectivity index (χ1n) is 7.94. The lowest BCUT2D eigenvalue weighted by molar-refractivity contribution is -0.119. The Bertz CT molecular complexity index is 743. The Kier molecular flexibility index (Phi) is 4.20. The van der Waals surface area contributed by atoms with Gasteiger partial charge in [-0.15, -0.1) is 0 Å². The van der Waals surface area contributed by atoms with Gasteiger partial charge in [0.05, 0.1) is 16.5 Å². The largest absolute Gasteiger partial charge is 0.311 e. The lowest BCUT2D eigenvalue weighted by Crippen LogP contribution is -2.33. The third-order valence-corrected chi connectivity index (χ3v) is 5.99. The van der Waals surface area contributed by atoms with E-state index in [0.717, 1.165) is 36.2 Å². The molecule has 7 heteroatoms. The molecule has 126 valence electrons. The predicted octanol–water partition coefficient (Wildman–Crippen LogP) is 0.923. The van der Waals surface area contributed by atoms with E-state index < -0.39 is 10.0 Å². The molecule has 0 saturated carbocycles. The number of hydrogen-bond acceptors (Lipinski definition) is 4. The molecule has 1 atom stereocenters. The summed E-state index contributed by atoms with van der Waals surface area (Å²) in [5, 5.41) is 0. The van der Waals surface area contributed by atoms with E-state index in [0.29, 0.717) is 13.1 Å². The number of anilines is 1. The molecule has 2 aliphatic heterocycles. The number of nitrogens with zero attached hydrogens (tertiary/aromatic N) is 2. The number of carbonyl (C=O) groups is 1. The molecular weight excluding hydrogens is 314 g/mol. The predicted molar refractivity (Wildman–Crippen MR) is 89.3 cm³/mol. The van der Waals surface area contributed by atoms with Crippen LogP contribution in [0.3, 0.4) is 0 Å². The van der Waals surface area contributed by atoms with Crippen molar-refractivity contribution in [1.29, 1.82) is 0 Å². The second-order valence-corrected chi connectivity index (χ2v) is 8.30. The number of carbonyl (C=O) groups excluding carboxylic acids is 1. The first-order chi connectivity index (χ1) is 10.8. The molecule has 1 amide bonds. The molecule has 0 spiro atoms. The highest BCUT2D eigenvalue weighted by molar-refractivity contribution is 7.89. The molecule has 0 saturated heterocycles. The molecule has 1 N–H and O–H groups in total. The van der Waals surface area contributed by atoms with Crippen molar-refractivity contribution in [3.8, 4) is 0 Å². The fraction of sp³-hybridized carbons (Fsp3) is 0.562. The van der Waals surface area contributed by atoms with Crippen LogP contribution in [0.4, 0.5) is 5.69 Å². The van der Waals surface area contributed by atoms with Crippen LogP contribution in [0, 0.1) is 0 Å². The average Bonchev–Trinajstić information content (AvgIpc) is 2.74. The topological polar surface area (TPSA) is 69.7 Å². The summed E-state index contributed by atoms with van der Waals surface area (Å²) in [6.07, 6.45) is 1.70. The van der Waals surface area contributed by atoms with Gasteiger partial charge in [-0.25, -0.2) is 13.1 Å². The minimum Gasteiger partial charge on any atom is -0.311 e. The van der Waals surface area contributed by atoms with Crippen LogP contribution in [-0.2, 0) is 21.2 Å². The van der Waals surface area contributed by atoms with Gasteiger partial charge in [0.15, 0.2) is 0 Å². The van der Waals surface area contributed by atoms with Crippen LogP contribution in [0.2, 0.25) is 0 Å². The fourth-order valence-corrected chi connectivity index (χ4v) is 4.41. The molecule has 0 aromatic heterocycles. The Hall–Kier alpha value is -1.44. The maximum atomic E-state index is 12.5. The summed E-state index contributed by atoms with van der Waals surface area (Å²) in [6, 6.07) is 3.40. The van der Waals surface area contributed by atoms with Gasteiger partial charge in [0, 0.05) is 19.6 Å². The van der Waals surface area contributed by atoms with Crippen LogP contribution >= 0.6 is 0 Å². The Morgan fingerprint density at radius 1 is 1.35 bits per heavy atom. The summed E-state index contributed by atoms with van der Waals surface area (Å²) in [6.45, 7) is 3.59. The highest BCUT2D eigenvalue weighted by atomic mass is 32.2. The minimum atomic E-state index is -3.55. The van der Waals surface area contributed by atoms with Gasteiger partial charge in [-0.2, -0.15) is 0 Å². The summed E-state index contributed by atoms with van der Waals surface area (Å²) in [5.74, 6) is -0.185. The lowest BCUT2D eigenvalue weighted by Gasteiger charge is -2.26. The number of amides is 1. The average molecular weight is 337 g/mol. The molecule has 1 aromatic carbocycles. The van der Waals surface area contributed by atoms with E-state index in [9.17, 15) is 13.2 Å². The Balaban J connectivity index is 1.96. The van der Waals surface area contributed by atoms with Crippen molar-refractivity contribution in [2.75, 3.05) is 38.6 Å².